The molecule has 0 heterocycles. The molecule has 0 amide bonds. The molecule has 0 aliphatic heterocycles. The topological polar surface area (TPSA) is 43.4 Å². The van der Waals surface area contributed by atoms with Gasteiger partial charge < -0.3 is 0 Å². The van der Waals surface area contributed by atoms with E-state index in [1.54, 1.807) is 27.7 Å². The zero-order chi connectivity index (χ0) is 9.99. The highest BCUT2D eigenvalue weighted by atomic mass is 32.2. The zero-order valence-corrected chi connectivity index (χ0v) is 9.23. The van der Waals surface area contributed by atoms with Gasteiger partial charge in [-0.15, -0.1) is 0 Å². The highest BCUT2D eigenvalue weighted by Crippen LogP contribution is 2.16. The van der Waals surface area contributed by atoms with E-state index in [2.05, 4.69) is 0 Å². The Morgan fingerprint density at radius 3 is 2.00 bits per heavy atom. The van der Waals surface area contributed by atoms with Gasteiger partial charge in [-0.25, -0.2) is 0 Å². The molecule has 12 heavy (non-hydrogen) atoms. The van der Waals surface area contributed by atoms with Crippen LogP contribution >= 0.6 is 0 Å². The van der Waals surface area contributed by atoms with Crippen LogP contribution in [-0.4, -0.2) is 19.3 Å². The number of rotatable bonds is 3. The third-order valence-electron chi connectivity index (χ3n) is 1.43. The summed E-state index contributed by atoms with van der Waals surface area (Å²) in [5.74, 6) is 0. The minimum Gasteiger partial charge on any atom is -0.264 e. The standard InChI is InChI=1S/C8H18O3S/c1-6-7(2)12(9,10)11-8(3,4)5/h7H,6H2,1-5H3. The SMILES string of the molecule is CCC(C)S(=O)(=O)OC(C)(C)C. The Kier molecular flexibility index (Phi) is 3.72. The molecule has 0 radical (unpaired) electrons. The third kappa shape index (κ3) is 4.07. The molecule has 74 valence electrons. The lowest BCUT2D eigenvalue weighted by molar-refractivity contribution is 0.137. The van der Waals surface area contributed by atoms with Crippen LogP contribution in [-0.2, 0) is 14.3 Å². The molecule has 0 aromatic rings. The highest BCUT2D eigenvalue weighted by Gasteiger charge is 2.26. The van der Waals surface area contributed by atoms with Crippen LogP contribution in [0.3, 0.4) is 0 Å². The van der Waals surface area contributed by atoms with Crippen molar-refractivity contribution in [2.75, 3.05) is 0 Å². The minimum atomic E-state index is -3.37. The van der Waals surface area contributed by atoms with Gasteiger partial charge in [-0.1, -0.05) is 6.92 Å². The molecule has 0 rings (SSSR count). The first-order valence-electron chi connectivity index (χ1n) is 4.13. The van der Waals surface area contributed by atoms with Gasteiger partial charge >= 0.3 is 0 Å². The first kappa shape index (κ1) is 11.9. The van der Waals surface area contributed by atoms with Gasteiger partial charge in [-0.05, 0) is 34.1 Å². The summed E-state index contributed by atoms with van der Waals surface area (Å²) in [6.45, 7) is 8.67. The summed E-state index contributed by atoms with van der Waals surface area (Å²) >= 11 is 0. The Hall–Kier alpha value is -0.0900. The van der Waals surface area contributed by atoms with Crippen LogP contribution < -0.4 is 0 Å². The van der Waals surface area contributed by atoms with Crippen molar-refractivity contribution in [2.45, 2.75) is 51.9 Å². The van der Waals surface area contributed by atoms with Crippen molar-refractivity contribution in [3.63, 3.8) is 0 Å². The summed E-state index contributed by atoms with van der Waals surface area (Å²) in [4.78, 5) is 0. The molecule has 0 saturated carbocycles. The van der Waals surface area contributed by atoms with Crippen LogP contribution in [0.15, 0.2) is 0 Å². The molecule has 0 aromatic heterocycles. The summed E-state index contributed by atoms with van der Waals surface area (Å²) in [5, 5.41) is -0.420. The van der Waals surface area contributed by atoms with Gasteiger partial charge in [0, 0.05) is 0 Å². The summed E-state index contributed by atoms with van der Waals surface area (Å²) in [6, 6.07) is 0. The molecule has 0 fully saturated rings. The second kappa shape index (κ2) is 3.75. The van der Waals surface area contributed by atoms with E-state index in [0.29, 0.717) is 6.42 Å². The summed E-state index contributed by atoms with van der Waals surface area (Å²) in [5.41, 5.74) is -0.623. The summed E-state index contributed by atoms with van der Waals surface area (Å²) in [6.07, 6.45) is 0.582. The normalized spacial score (nSPS) is 16.1. The van der Waals surface area contributed by atoms with Crippen molar-refractivity contribution in [1.82, 2.24) is 0 Å². The first-order valence-corrected chi connectivity index (χ1v) is 5.60. The van der Waals surface area contributed by atoms with Crippen LogP contribution in [0.5, 0.6) is 0 Å². The fourth-order valence-electron chi connectivity index (χ4n) is 0.635. The van der Waals surface area contributed by atoms with Gasteiger partial charge in [0.15, 0.2) is 0 Å². The average molecular weight is 194 g/mol. The van der Waals surface area contributed by atoms with Crippen molar-refractivity contribution in [2.24, 2.45) is 0 Å². The van der Waals surface area contributed by atoms with Gasteiger partial charge in [-0.2, -0.15) is 8.42 Å². The molecule has 0 aromatic carbocycles. The molecule has 1 unspecified atom stereocenters. The molecule has 3 nitrogen and oxygen atoms in total. The van der Waals surface area contributed by atoms with Crippen molar-refractivity contribution in [3.05, 3.63) is 0 Å². The highest BCUT2D eigenvalue weighted by molar-refractivity contribution is 7.87. The Balaban J connectivity index is 4.45. The van der Waals surface area contributed by atoms with Crippen molar-refractivity contribution in [1.29, 1.82) is 0 Å². The maximum absolute atomic E-state index is 11.4. The van der Waals surface area contributed by atoms with Crippen LogP contribution in [0.4, 0.5) is 0 Å². The third-order valence-corrected chi connectivity index (χ3v) is 3.49. The maximum atomic E-state index is 11.4. The van der Waals surface area contributed by atoms with E-state index in [1.807, 2.05) is 6.92 Å². The fraction of sp³-hybridized carbons (Fsp3) is 1.00. The maximum Gasteiger partial charge on any atom is 0.270 e. The molecule has 0 saturated heterocycles. The summed E-state index contributed by atoms with van der Waals surface area (Å²) in [7, 11) is -3.37. The molecule has 0 aliphatic rings. The Labute approximate surface area is 75.2 Å². The molecule has 0 N–H and O–H groups in total. The Bertz CT molecular complexity index is 223. The number of hydrogen-bond acceptors (Lipinski definition) is 3. The van der Waals surface area contributed by atoms with Crippen molar-refractivity contribution < 1.29 is 12.6 Å². The van der Waals surface area contributed by atoms with E-state index < -0.39 is 21.0 Å². The monoisotopic (exact) mass is 194 g/mol. The van der Waals surface area contributed by atoms with Crippen LogP contribution in [0.25, 0.3) is 0 Å². The van der Waals surface area contributed by atoms with Crippen LogP contribution in [0.2, 0.25) is 0 Å². The fourth-order valence-corrected chi connectivity index (χ4v) is 1.90. The van der Waals surface area contributed by atoms with Crippen LogP contribution in [0.1, 0.15) is 41.0 Å². The van der Waals surface area contributed by atoms with Crippen LogP contribution in [0, 0.1) is 0 Å². The van der Waals surface area contributed by atoms with E-state index in [0.717, 1.165) is 0 Å². The molecule has 1 atom stereocenters. The Morgan fingerprint density at radius 1 is 1.33 bits per heavy atom. The first-order chi connectivity index (χ1) is 5.19. The van der Waals surface area contributed by atoms with Gasteiger partial charge in [0.1, 0.15) is 0 Å². The smallest absolute Gasteiger partial charge is 0.264 e. The van der Waals surface area contributed by atoms with E-state index in [9.17, 15) is 8.42 Å². The predicted octanol–water partition coefficient (Wildman–Crippen LogP) is 1.93. The molecule has 0 aliphatic carbocycles. The number of hydrogen-bond donors (Lipinski definition) is 0. The molecule has 4 heteroatoms. The second-order valence-electron chi connectivity index (χ2n) is 3.91. The Morgan fingerprint density at radius 2 is 1.75 bits per heavy atom. The van der Waals surface area contributed by atoms with Gasteiger partial charge in [0.25, 0.3) is 10.1 Å². The van der Waals surface area contributed by atoms with E-state index >= 15 is 0 Å². The zero-order valence-electron chi connectivity index (χ0n) is 8.42. The van der Waals surface area contributed by atoms with E-state index in [1.165, 1.54) is 0 Å². The second-order valence-corrected chi connectivity index (χ2v) is 5.86. The van der Waals surface area contributed by atoms with Crippen molar-refractivity contribution in [3.8, 4) is 0 Å². The lowest BCUT2D eigenvalue weighted by Gasteiger charge is -2.21. The molecule has 0 bridgehead atoms. The largest absolute Gasteiger partial charge is 0.270 e. The van der Waals surface area contributed by atoms with Crippen molar-refractivity contribution >= 4 is 10.1 Å². The lowest BCUT2D eigenvalue weighted by Crippen LogP contribution is -2.29. The van der Waals surface area contributed by atoms with E-state index in [4.69, 9.17) is 4.18 Å². The van der Waals surface area contributed by atoms with E-state index in [-0.39, 0.29) is 0 Å². The lowest BCUT2D eigenvalue weighted by atomic mass is 10.2. The predicted molar refractivity (Wildman–Crippen MR) is 49.5 cm³/mol. The average Bonchev–Trinajstić information content (AvgIpc) is 1.80. The van der Waals surface area contributed by atoms with Gasteiger partial charge in [0.05, 0.1) is 10.9 Å². The summed E-state index contributed by atoms with van der Waals surface area (Å²) < 4.78 is 27.7. The molecular formula is C8H18O3S. The molecule has 0 spiro atoms. The van der Waals surface area contributed by atoms with Gasteiger partial charge in [0.2, 0.25) is 0 Å². The quantitative estimate of drug-likeness (QED) is 0.645. The minimum absolute atomic E-state index is 0.420. The van der Waals surface area contributed by atoms with Gasteiger partial charge in [-0.3, -0.25) is 4.18 Å². The molecular weight excluding hydrogens is 176 g/mol.